The quantitative estimate of drug-likeness (QED) is 0.224. The fraction of sp³-hybridized carbons (Fsp3) is 0. The van der Waals surface area contributed by atoms with Gasteiger partial charge < -0.3 is 0 Å². The van der Waals surface area contributed by atoms with Crippen molar-refractivity contribution in [2.45, 2.75) is 0 Å². The van der Waals surface area contributed by atoms with Crippen LogP contribution in [0.5, 0.6) is 0 Å². The molecular formula is H8AuCdCeGaInNdSn. The molecule has 0 fully saturated rings. The maximum absolute atomic E-state index is 0. The van der Waals surface area contributed by atoms with Crippen LogP contribution in [0.1, 0.15) is 0 Å². The van der Waals surface area contributed by atoms with E-state index in [2.05, 4.69) is 0 Å². The van der Waals surface area contributed by atoms with Crippen LogP contribution in [0.3, 0.4) is 0 Å². The molecule has 39 valence electrons. The molecule has 0 unspecified atom stereocenters. The van der Waals surface area contributed by atoms with Gasteiger partial charge in [0.05, 0.1) is 0 Å². The van der Waals surface area contributed by atoms with E-state index >= 15 is 0 Å². The van der Waals surface area contributed by atoms with Crippen molar-refractivity contribution in [1.29, 1.82) is 0 Å². The molecule has 0 atom stereocenters. The van der Waals surface area contributed by atoms with Crippen molar-refractivity contribution in [3.05, 3.63) is 0 Å². The van der Waals surface area contributed by atoms with Gasteiger partial charge in [-0.15, -0.1) is 0 Å². The standard InChI is InChI=1S/Au.Cd.Ce.Ga.In.Nd.Sn.8H. The van der Waals surface area contributed by atoms with Gasteiger partial charge in [-0.05, 0) is 0 Å². The van der Waals surface area contributed by atoms with Gasteiger partial charge in [0.2, 0.25) is 0 Å². The van der Waals surface area contributed by atoms with E-state index in [0.717, 1.165) is 0 Å². The summed E-state index contributed by atoms with van der Waals surface area (Å²) >= 11 is 0. The third-order valence-corrected chi connectivity index (χ3v) is 0. The van der Waals surface area contributed by atoms with E-state index in [1.807, 2.05) is 0 Å². The van der Waals surface area contributed by atoms with E-state index in [4.69, 9.17) is 0 Å². The molecule has 0 aromatic rings. The van der Waals surface area contributed by atoms with Crippen molar-refractivity contribution in [1.82, 2.24) is 0 Å². The Kier molecular flexibility index (Phi) is 273. The van der Waals surface area contributed by atoms with Gasteiger partial charge in [-0.25, -0.2) is 0 Å². The van der Waals surface area contributed by atoms with Gasteiger partial charge in [-0.3, -0.25) is 0 Å². The van der Waals surface area contributed by atoms with Gasteiger partial charge in [0.1, 0.15) is 0 Å². The Balaban J connectivity index is 0. The Hall–Kier alpha value is 6.69. The van der Waals surface area contributed by atoms with Crippen molar-refractivity contribution in [2.24, 2.45) is 0 Å². The molecule has 3 radical (unpaired) electrons. The molecule has 0 rings (SSSR count). The molecular weight excluding hydrogens is 897 g/mol. The summed E-state index contributed by atoms with van der Waals surface area (Å²) in [6.45, 7) is 0. The van der Waals surface area contributed by atoms with Crippen LogP contribution in [0.25, 0.3) is 0 Å². The first-order valence-corrected chi connectivity index (χ1v) is 0. The third kappa shape index (κ3) is 32.4. The topological polar surface area (TPSA) is 0 Å². The summed E-state index contributed by atoms with van der Waals surface area (Å²) in [5.74, 6) is 0. The predicted molar refractivity (Wildman–Crippen MR) is 28.4 cm³/mol. The van der Waals surface area contributed by atoms with Gasteiger partial charge in [0.15, 0.2) is 0 Å². The zero-order chi connectivity index (χ0) is 0. The van der Waals surface area contributed by atoms with Gasteiger partial charge >= 0.3 is 69.5 Å². The second-order valence-corrected chi connectivity index (χ2v) is 0. The van der Waals surface area contributed by atoms with Gasteiger partial charge in [-0.1, -0.05) is 0 Å². The second kappa shape index (κ2) is 38.7. The Morgan fingerprint density at radius 3 is 1.00 bits per heavy atom. The molecule has 0 amide bonds. The molecule has 0 N–H and O–H groups in total. The molecule has 0 saturated carbocycles. The van der Waals surface area contributed by atoms with E-state index in [9.17, 15) is 0 Å². The molecule has 0 nitrogen and oxygen atoms in total. The first kappa shape index (κ1) is 49.2. The van der Waals surface area contributed by atoms with Crippen molar-refractivity contribution in [3.63, 3.8) is 0 Å². The SMILES string of the molecule is [Au].[Cd].[Ce].[GaH3].[InH3].[Nd].[SnH2]. The van der Waals surface area contributed by atoms with Crippen LogP contribution in [0, 0.1) is 82.6 Å². The molecule has 7 heteroatoms. The first-order chi connectivity index (χ1) is 0. The molecule has 0 saturated heterocycles. The predicted octanol–water partition coefficient (Wildman–Crippen LogP) is -3.29. The number of hydrogen-bond acceptors (Lipinski definition) is 0. The van der Waals surface area contributed by atoms with E-state index < -0.39 is 0 Å². The Labute approximate surface area is 195 Å². The summed E-state index contributed by atoms with van der Waals surface area (Å²) in [6.07, 6.45) is 0. The van der Waals surface area contributed by atoms with E-state index in [-0.39, 0.29) is 202 Å². The zero-order valence-corrected chi connectivity index (χ0v) is 19.3. The minimum absolute atomic E-state index is 0. The fourth-order valence-electron chi connectivity index (χ4n) is 0. The van der Waals surface area contributed by atoms with Gasteiger partial charge in [0.25, 0.3) is 0 Å². The van der Waals surface area contributed by atoms with E-state index in [1.54, 1.807) is 0 Å². The van der Waals surface area contributed by atoms with Crippen LogP contribution < -0.4 is 0 Å². The molecule has 7 heavy (non-hydrogen) atoms. The monoisotopic (exact) mass is 904 g/mol. The molecule has 0 aromatic carbocycles. The van der Waals surface area contributed by atoms with Crippen LogP contribution in [0.4, 0.5) is 0 Å². The van der Waals surface area contributed by atoms with E-state index in [1.165, 1.54) is 0 Å². The first-order valence-electron chi connectivity index (χ1n) is 0. The van der Waals surface area contributed by atoms with Crippen molar-refractivity contribution in [3.8, 4) is 0 Å². The maximum atomic E-state index is 0. The molecule has 0 aromatic heterocycles. The van der Waals surface area contributed by atoms with Crippen LogP contribution in [-0.4, -0.2) is 69.5 Å². The van der Waals surface area contributed by atoms with Crippen LogP contribution in [0.2, 0.25) is 0 Å². The van der Waals surface area contributed by atoms with Gasteiger partial charge in [-0.2, -0.15) is 0 Å². The number of hydrogen-bond donors (Lipinski definition) is 0. The van der Waals surface area contributed by atoms with E-state index in [0.29, 0.717) is 0 Å². The molecule has 0 aliphatic carbocycles. The average Bonchev–Trinajstić information content (AvgIpc) is 0. The van der Waals surface area contributed by atoms with Crippen LogP contribution in [0.15, 0.2) is 0 Å². The average molecular weight is 905 g/mol. The fourth-order valence-corrected chi connectivity index (χ4v) is 0. The molecule has 0 bridgehead atoms. The zero-order valence-electron chi connectivity index (χ0n) is 2.72. The Morgan fingerprint density at radius 2 is 1.00 bits per heavy atom. The summed E-state index contributed by atoms with van der Waals surface area (Å²) in [5, 5.41) is 0. The summed E-state index contributed by atoms with van der Waals surface area (Å²) in [7, 11) is 0. The summed E-state index contributed by atoms with van der Waals surface area (Å²) in [6, 6.07) is 0. The summed E-state index contributed by atoms with van der Waals surface area (Å²) < 4.78 is 0. The van der Waals surface area contributed by atoms with Crippen molar-refractivity contribution in [2.75, 3.05) is 0 Å². The van der Waals surface area contributed by atoms with Crippen molar-refractivity contribution >= 4 is 69.5 Å². The summed E-state index contributed by atoms with van der Waals surface area (Å²) in [4.78, 5) is 0. The van der Waals surface area contributed by atoms with Crippen LogP contribution >= 0.6 is 0 Å². The Bertz CT molecular complexity index is 19.7. The van der Waals surface area contributed by atoms with Crippen molar-refractivity contribution < 1.29 is 132 Å². The molecule has 0 aliphatic rings. The second-order valence-electron chi connectivity index (χ2n) is 0. The molecule has 0 heterocycles. The van der Waals surface area contributed by atoms with Crippen LogP contribution in [-0.2, 0) is 49.7 Å². The summed E-state index contributed by atoms with van der Waals surface area (Å²) in [5.41, 5.74) is 0. The third-order valence-electron chi connectivity index (χ3n) is 0. The molecule has 0 aliphatic heterocycles. The minimum atomic E-state index is 0. The van der Waals surface area contributed by atoms with Gasteiger partial charge in [0, 0.05) is 132 Å². The normalized spacial score (nSPS) is 0. The Morgan fingerprint density at radius 1 is 1.00 bits per heavy atom. The molecule has 0 spiro atoms. The number of rotatable bonds is 0.